The van der Waals surface area contributed by atoms with Gasteiger partial charge in [0, 0.05) is 23.2 Å². The number of aryl methyl sites for hydroxylation is 4. The van der Waals surface area contributed by atoms with Gasteiger partial charge in [0.2, 0.25) is 5.91 Å². The van der Waals surface area contributed by atoms with Crippen LogP contribution in [0.4, 0.5) is 0 Å². The summed E-state index contributed by atoms with van der Waals surface area (Å²) in [5.74, 6) is -0.0140. The van der Waals surface area contributed by atoms with Crippen molar-refractivity contribution in [2.24, 2.45) is 0 Å². The van der Waals surface area contributed by atoms with E-state index in [1.807, 2.05) is 29.8 Å². The third-order valence-electron chi connectivity index (χ3n) is 5.54. The summed E-state index contributed by atoms with van der Waals surface area (Å²) < 4.78 is 7.64. The normalized spacial score (nSPS) is 11.2. The van der Waals surface area contributed by atoms with Crippen LogP contribution in [0.25, 0.3) is 11.0 Å². The number of fused-ring (bicyclic) bond motifs is 1. The van der Waals surface area contributed by atoms with Crippen molar-refractivity contribution >= 4 is 16.9 Å². The standard InChI is InChI=1S/C25H27N3O2/c1-16-8-23-22(15-30-24(23)9-17(16)2)12-25(29)26-13-20-6-5-7-21(11-20)14-28-19(4)10-18(3)27-28/h5-11,15H,12-14H2,1-4H3,(H,26,29). The maximum absolute atomic E-state index is 12.5. The van der Waals surface area contributed by atoms with Crippen molar-refractivity contribution in [3.8, 4) is 0 Å². The molecule has 0 bridgehead atoms. The Morgan fingerprint density at radius 3 is 2.57 bits per heavy atom. The number of nitrogens with one attached hydrogen (secondary N) is 1. The summed E-state index contributed by atoms with van der Waals surface area (Å²) in [5.41, 5.74) is 8.54. The topological polar surface area (TPSA) is 60.1 Å². The average Bonchev–Trinajstić information content (AvgIpc) is 3.23. The van der Waals surface area contributed by atoms with Gasteiger partial charge in [0.05, 0.1) is 24.9 Å². The van der Waals surface area contributed by atoms with Crippen molar-refractivity contribution in [2.45, 2.75) is 47.2 Å². The second-order valence-corrected chi connectivity index (χ2v) is 8.05. The first-order valence-electron chi connectivity index (χ1n) is 10.2. The highest BCUT2D eigenvalue weighted by Gasteiger charge is 2.12. The van der Waals surface area contributed by atoms with Crippen molar-refractivity contribution in [3.05, 3.63) is 87.9 Å². The van der Waals surface area contributed by atoms with Gasteiger partial charge < -0.3 is 9.73 Å². The minimum atomic E-state index is -0.0140. The summed E-state index contributed by atoms with van der Waals surface area (Å²) in [5, 5.41) is 8.57. The summed E-state index contributed by atoms with van der Waals surface area (Å²) >= 11 is 0. The van der Waals surface area contributed by atoms with Crippen LogP contribution in [-0.2, 0) is 24.3 Å². The summed E-state index contributed by atoms with van der Waals surface area (Å²) in [7, 11) is 0. The van der Waals surface area contributed by atoms with Crippen LogP contribution >= 0.6 is 0 Å². The molecule has 2 aromatic carbocycles. The molecule has 0 aliphatic rings. The van der Waals surface area contributed by atoms with E-state index in [2.05, 4.69) is 55.5 Å². The maximum Gasteiger partial charge on any atom is 0.224 e. The fourth-order valence-corrected chi connectivity index (χ4v) is 3.76. The number of furan rings is 1. The Morgan fingerprint density at radius 2 is 1.80 bits per heavy atom. The molecule has 2 aromatic heterocycles. The smallest absolute Gasteiger partial charge is 0.224 e. The molecular weight excluding hydrogens is 374 g/mol. The highest BCUT2D eigenvalue weighted by Crippen LogP contribution is 2.25. The van der Waals surface area contributed by atoms with E-state index in [1.54, 1.807) is 6.26 Å². The van der Waals surface area contributed by atoms with Gasteiger partial charge in [-0.2, -0.15) is 5.10 Å². The maximum atomic E-state index is 12.5. The lowest BCUT2D eigenvalue weighted by Crippen LogP contribution is -2.24. The molecule has 4 aromatic rings. The molecule has 30 heavy (non-hydrogen) atoms. The summed E-state index contributed by atoms with van der Waals surface area (Å²) in [6.45, 7) is 9.42. The van der Waals surface area contributed by atoms with Crippen LogP contribution in [0.3, 0.4) is 0 Å². The van der Waals surface area contributed by atoms with Crippen LogP contribution in [0.2, 0.25) is 0 Å². The van der Waals surface area contributed by atoms with Crippen LogP contribution in [-0.4, -0.2) is 15.7 Å². The molecule has 0 saturated carbocycles. The predicted octanol–water partition coefficient (Wildman–Crippen LogP) is 4.77. The first-order valence-corrected chi connectivity index (χ1v) is 10.2. The average molecular weight is 402 g/mol. The SMILES string of the molecule is Cc1cc(C)n(Cc2cccc(CNC(=O)Cc3coc4cc(C)c(C)cc34)c2)n1. The van der Waals surface area contributed by atoms with E-state index >= 15 is 0 Å². The highest BCUT2D eigenvalue weighted by molar-refractivity contribution is 5.88. The number of carbonyl (C=O) groups is 1. The molecule has 5 heteroatoms. The van der Waals surface area contributed by atoms with E-state index in [4.69, 9.17) is 4.42 Å². The van der Waals surface area contributed by atoms with Crippen LogP contribution in [0.5, 0.6) is 0 Å². The minimum Gasteiger partial charge on any atom is -0.464 e. The van der Waals surface area contributed by atoms with Gasteiger partial charge in [0.1, 0.15) is 5.58 Å². The molecule has 0 unspecified atom stereocenters. The fraction of sp³-hybridized carbons (Fsp3) is 0.280. The number of rotatable bonds is 6. The minimum absolute atomic E-state index is 0.0140. The van der Waals surface area contributed by atoms with Crippen molar-refractivity contribution in [2.75, 3.05) is 0 Å². The zero-order valence-corrected chi connectivity index (χ0v) is 18.0. The fourth-order valence-electron chi connectivity index (χ4n) is 3.76. The number of hydrogen-bond donors (Lipinski definition) is 1. The number of carbonyl (C=O) groups excluding carboxylic acids is 1. The van der Waals surface area contributed by atoms with Crippen molar-refractivity contribution in [1.29, 1.82) is 0 Å². The number of hydrogen-bond acceptors (Lipinski definition) is 3. The van der Waals surface area contributed by atoms with Crippen molar-refractivity contribution in [3.63, 3.8) is 0 Å². The molecule has 0 radical (unpaired) electrons. The lowest BCUT2D eigenvalue weighted by molar-refractivity contribution is -0.120. The molecule has 1 N–H and O–H groups in total. The van der Waals surface area contributed by atoms with E-state index in [-0.39, 0.29) is 5.91 Å². The summed E-state index contributed by atoms with van der Waals surface area (Å²) in [4.78, 5) is 12.5. The zero-order chi connectivity index (χ0) is 21.3. The lowest BCUT2D eigenvalue weighted by atomic mass is 10.0. The second kappa shape index (κ2) is 8.19. The van der Waals surface area contributed by atoms with Crippen molar-refractivity contribution in [1.82, 2.24) is 15.1 Å². The van der Waals surface area contributed by atoms with Gasteiger partial charge in [-0.1, -0.05) is 24.3 Å². The van der Waals surface area contributed by atoms with Gasteiger partial charge in [-0.3, -0.25) is 9.48 Å². The van der Waals surface area contributed by atoms with Crippen LogP contribution in [0.1, 0.15) is 39.2 Å². The van der Waals surface area contributed by atoms with Gasteiger partial charge in [-0.05, 0) is 68.1 Å². The molecule has 0 spiro atoms. The second-order valence-electron chi connectivity index (χ2n) is 8.05. The monoisotopic (exact) mass is 401 g/mol. The third kappa shape index (κ3) is 4.30. The van der Waals surface area contributed by atoms with Gasteiger partial charge in [0.15, 0.2) is 0 Å². The Morgan fingerprint density at radius 1 is 1.03 bits per heavy atom. The molecule has 4 rings (SSSR count). The Bertz CT molecular complexity index is 1220. The van der Waals surface area contributed by atoms with Gasteiger partial charge in [0.25, 0.3) is 0 Å². The number of amides is 1. The molecule has 0 aliphatic heterocycles. The molecule has 0 atom stereocenters. The quantitative estimate of drug-likeness (QED) is 0.506. The van der Waals surface area contributed by atoms with Crippen molar-refractivity contribution < 1.29 is 9.21 Å². The van der Waals surface area contributed by atoms with Gasteiger partial charge in [-0.25, -0.2) is 0 Å². The molecule has 1 amide bonds. The number of nitrogens with zero attached hydrogens (tertiary/aromatic N) is 2. The Labute approximate surface area is 176 Å². The van der Waals surface area contributed by atoms with Gasteiger partial charge in [-0.15, -0.1) is 0 Å². The van der Waals surface area contributed by atoms with E-state index in [0.717, 1.165) is 40.0 Å². The molecule has 2 heterocycles. The Hall–Kier alpha value is -3.34. The molecule has 5 nitrogen and oxygen atoms in total. The van der Waals surface area contributed by atoms with E-state index in [1.165, 1.54) is 16.7 Å². The molecular formula is C25H27N3O2. The summed E-state index contributed by atoms with van der Waals surface area (Å²) in [6, 6.07) is 14.5. The predicted molar refractivity (Wildman–Crippen MR) is 118 cm³/mol. The zero-order valence-electron chi connectivity index (χ0n) is 18.0. The van der Waals surface area contributed by atoms with Crippen LogP contribution in [0.15, 0.2) is 53.1 Å². The number of aromatic nitrogens is 2. The Balaban J connectivity index is 1.39. The van der Waals surface area contributed by atoms with E-state index in [0.29, 0.717) is 13.0 Å². The molecule has 0 saturated heterocycles. The largest absolute Gasteiger partial charge is 0.464 e. The molecule has 0 fully saturated rings. The molecule has 154 valence electrons. The third-order valence-corrected chi connectivity index (χ3v) is 5.54. The highest BCUT2D eigenvalue weighted by atomic mass is 16.3. The van der Waals surface area contributed by atoms with E-state index < -0.39 is 0 Å². The molecule has 0 aliphatic carbocycles. The van der Waals surface area contributed by atoms with Crippen LogP contribution in [0, 0.1) is 27.7 Å². The van der Waals surface area contributed by atoms with Gasteiger partial charge >= 0.3 is 0 Å². The number of benzene rings is 2. The van der Waals surface area contributed by atoms with E-state index in [9.17, 15) is 4.79 Å². The summed E-state index contributed by atoms with van der Waals surface area (Å²) in [6.07, 6.45) is 2.00. The Kier molecular flexibility index (Phi) is 5.44. The first kappa shape index (κ1) is 20.0. The lowest BCUT2D eigenvalue weighted by Gasteiger charge is -2.09. The first-order chi connectivity index (χ1) is 14.4. The van der Waals surface area contributed by atoms with Crippen LogP contribution < -0.4 is 5.32 Å².